The molecule has 2 heterocycles. The first kappa shape index (κ1) is 17.5. The van der Waals surface area contributed by atoms with Gasteiger partial charge in [-0.25, -0.2) is 9.07 Å². The number of amides is 1. The van der Waals surface area contributed by atoms with E-state index in [0.29, 0.717) is 18.3 Å². The number of carbonyl (C=O) groups is 1. The minimum Gasteiger partial charge on any atom is -0.350 e. The Bertz CT molecular complexity index is 737. The third-order valence-electron chi connectivity index (χ3n) is 4.72. The largest absolute Gasteiger partial charge is 0.350 e. The van der Waals surface area contributed by atoms with Crippen LogP contribution >= 0.6 is 0 Å². The standard InChI is InChI=1S/C18H24FN5O/c1-18(2,13-4-3-5-14(19)10-13)12-21-17(25)16-11-24(23-22-16)15-6-8-20-9-7-15/h3-5,10-11,15,20H,6-9,12H2,1-2H3,(H,21,25). The highest BCUT2D eigenvalue weighted by molar-refractivity contribution is 5.91. The summed E-state index contributed by atoms with van der Waals surface area (Å²) in [6.45, 7) is 6.22. The second-order valence-corrected chi connectivity index (χ2v) is 7.14. The van der Waals surface area contributed by atoms with Crippen molar-refractivity contribution in [3.8, 4) is 0 Å². The van der Waals surface area contributed by atoms with E-state index in [1.54, 1.807) is 16.9 Å². The van der Waals surface area contributed by atoms with Crippen LogP contribution in [0.25, 0.3) is 0 Å². The summed E-state index contributed by atoms with van der Waals surface area (Å²) in [5.41, 5.74) is 0.766. The van der Waals surface area contributed by atoms with Crippen molar-refractivity contribution in [3.63, 3.8) is 0 Å². The third-order valence-corrected chi connectivity index (χ3v) is 4.72. The van der Waals surface area contributed by atoms with E-state index in [9.17, 15) is 9.18 Å². The highest BCUT2D eigenvalue weighted by Gasteiger charge is 2.24. The number of carbonyl (C=O) groups excluding carboxylic acids is 1. The van der Waals surface area contributed by atoms with Gasteiger partial charge in [-0.15, -0.1) is 5.10 Å². The number of halogens is 1. The fourth-order valence-corrected chi connectivity index (χ4v) is 3.03. The van der Waals surface area contributed by atoms with E-state index in [2.05, 4.69) is 20.9 Å². The lowest BCUT2D eigenvalue weighted by atomic mass is 9.84. The first-order chi connectivity index (χ1) is 12.0. The highest BCUT2D eigenvalue weighted by atomic mass is 19.1. The molecule has 0 bridgehead atoms. The van der Waals surface area contributed by atoms with Crippen molar-refractivity contribution in [1.29, 1.82) is 0 Å². The number of aromatic nitrogens is 3. The van der Waals surface area contributed by atoms with Gasteiger partial charge in [-0.1, -0.05) is 31.2 Å². The van der Waals surface area contributed by atoms with Crippen LogP contribution in [-0.2, 0) is 5.41 Å². The van der Waals surface area contributed by atoms with Crippen molar-refractivity contribution < 1.29 is 9.18 Å². The van der Waals surface area contributed by atoms with E-state index in [-0.39, 0.29) is 17.1 Å². The van der Waals surface area contributed by atoms with Crippen LogP contribution in [0, 0.1) is 5.82 Å². The molecule has 1 amide bonds. The van der Waals surface area contributed by atoms with Crippen molar-refractivity contribution in [1.82, 2.24) is 25.6 Å². The van der Waals surface area contributed by atoms with Gasteiger partial charge in [0.1, 0.15) is 5.82 Å². The topological polar surface area (TPSA) is 71.8 Å². The molecule has 134 valence electrons. The number of hydrogen-bond acceptors (Lipinski definition) is 4. The number of hydrogen-bond donors (Lipinski definition) is 2. The number of nitrogens with one attached hydrogen (secondary N) is 2. The van der Waals surface area contributed by atoms with Gasteiger partial charge in [-0.2, -0.15) is 0 Å². The van der Waals surface area contributed by atoms with Crippen LogP contribution < -0.4 is 10.6 Å². The van der Waals surface area contributed by atoms with Gasteiger partial charge >= 0.3 is 0 Å². The van der Waals surface area contributed by atoms with Gasteiger partial charge in [0.15, 0.2) is 5.69 Å². The lowest BCUT2D eigenvalue weighted by Crippen LogP contribution is -2.37. The maximum absolute atomic E-state index is 13.4. The van der Waals surface area contributed by atoms with Crippen molar-refractivity contribution in [2.45, 2.75) is 38.1 Å². The Morgan fingerprint density at radius 1 is 1.40 bits per heavy atom. The minimum atomic E-state index is -0.386. The number of benzene rings is 1. The zero-order chi connectivity index (χ0) is 17.9. The maximum atomic E-state index is 13.4. The Hall–Kier alpha value is -2.28. The molecule has 1 saturated heterocycles. The number of nitrogens with zero attached hydrogens (tertiary/aromatic N) is 3. The van der Waals surface area contributed by atoms with Crippen molar-refractivity contribution in [2.75, 3.05) is 19.6 Å². The molecule has 0 saturated carbocycles. The van der Waals surface area contributed by atoms with E-state index in [1.807, 2.05) is 19.9 Å². The maximum Gasteiger partial charge on any atom is 0.273 e. The Labute approximate surface area is 146 Å². The molecule has 0 unspecified atom stereocenters. The van der Waals surface area contributed by atoms with Gasteiger partial charge in [0, 0.05) is 12.0 Å². The molecule has 6 nitrogen and oxygen atoms in total. The van der Waals surface area contributed by atoms with Crippen LogP contribution in [0.2, 0.25) is 0 Å². The quantitative estimate of drug-likeness (QED) is 0.870. The fraction of sp³-hybridized carbons (Fsp3) is 0.500. The molecular formula is C18H24FN5O. The Balaban J connectivity index is 1.61. The van der Waals surface area contributed by atoms with Crippen LogP contribution in [-0.4, -0.2) is 40.5 Å². The Morgan fingerprint density at radius 3 is 2.88 bits per heavy atom. The first-order valence-corrected chi connectivity index (χ1v) is 8.62. The molecule has 1 aromatic heterocycles. The molecule has 2 aromatic rings. The Kier molecular flexibility index (Phi) is 5.13. The summed E-state index contributed by atoms with van der Waals surface area (Å²) in [5, 5.41) is 14.3. The first-order valence-electron chi connectivity index (χ1n) is 8.62. The lowest BCUT2D eigenvalue weighted by molar-refractivity contribution is 0.0940. The lowest BCUT2D eigenvalue weighted by Gasteiger charge is -2.25. The van der Waals surface area contributed by atoms with Crippen LogP contribution in [0.5, 0.6) is 0 Å². The molecule has 1 aromatic carbocycles. The van der Waals surface area contributed by atoms with Crippen molar-refractivity contribution >= 4 is 5.91 Å². The molecule has 1 fully saturated rings. The van der Waals surface area contributed by atoms with Gasteiger partial charge in [-0.05, 0) is 43.6 Å². The van der Waals surface area contributed by atoms with Gasteiger partial charge < -0.3 is 10.6 Å². The molecule has 25 heavy (non-hydrogen) atoms. The summed E-state index contributed by atoms with van der Waals surface area (Å²) in [6, 6.07) is 6.75. The summed E-state index contributed by atoms with van der Waals surface area (Å²) < 4.78 is 15.2. The summed E-state index contributed by atoms with van der Waals surface area (Å²) >= 11 is 0. The predicted octanol–water partition coefficient (Wildman–Crippen LogP) is 2.05. The van der Waals surface area contributed by atoms with E-state index in [0.717, 1.165) is 31.5 Å². The van der Waals surface area contributed by atoms with E-state index >= 15 is 0 Å². The molecule has 1 aliphatic heterocycles. The fourth-order valence-electron chi connectivity index (χ4n) is 3.03. The van der Waals surface area contributed by atoms with Crippen LogP contribution in [0.15, 0.2) is 30.5 Å². The average Bonchev–Trinajstić information content (AvgIpc) is 3.11. The number of piperidine rings is 1. The Morgan fingerprint density at radius 2 is 2.16 bits per heavy atom. The van der Waals surface area contributed by atoms with Crippen LogP contribution in [0.1, 0.15) is 48.8 Å². The van der Waals surface area contributed by atoms with Gasteiger partial charge in [0.05, 0.1) is 12.2 Å². The zero-order valence-electron chi connectivity index (χ0n) is 14.6. The molecule has 2 N–H and O–H groups in total. The number of rotatable bonds is 5. The molecule has 3 rings (SSSR count). The van der Waals surface area contributed by atoms with Gasteiger partial charge in [-0.3, -0.25) is 4.79 Å². The minimum absolute atomic E-state index is 0.260. The molecule has 1 aliphatic rings. The molecule has 7 heteroatoms. The van der Waals surface area contributed by atoms with Crippen LogP contribution in [0.4, 0.5) is 4.39 Å². The molecule has 0 spiro atoms. The molecular weight excluding hydrogens is 321 g/mol. The second-order valence-electron chi connectivity index (χ2n) is 7.14. The van der Waals surface area contributed by atoms with Gasteiger partial charge in [0.25, 0.3) is 5.91 Å². The predicted molar refractivity (Wildman–Crippen MR) is 92.9 cm³/mol. The summed E-state index contributed by atoms with van der Waals surface area (Å²) in [6.07, 6.45) is 3.68. The van der Waals surface area contributed by atoms with E-state index in [1.165, 1.54) is 12.1 Å². The van der Waals surface area contributed by atoms with E-state index < -0.39 is 0 Å². The zero-order valence-corrected chi connectivity index (χ0v) is 14.6. The molecule has 0 radical (unpaired) electrons. The molecule has 0 aliphatic carbocycles. The van der Waals surface area contributed by atoms with E-state index in [4.69, 9.17) is 0 Å². The molecule has 0 atom stereocenters. The highest BCUT2D eigenvalue weighted by Crippen LogP contribution is 2.23. The smallest absolute Gasteiger partial charge is 0.273 e. The van der Waals surface area contributed by atoms with Crippen LogP contribution in [0.3, 0.4) is 0 Å². The second kappa shape index (κ2) is 7.31. The normalized spacial score (nSPS) is 16.0. The summed E-state index contributed by atoms with van der Waals surface area (Å²) in [4.78, 5) is 12.4. The summed E-state index contributed by atoms with van der Waals surface area (Å²) in [5.74, 6) is -0.536. The van der Waals surface area contributed by atoms with Gasteiger partial charge in [0.2, 0.25) is 0 Å². The third kappa shape index (κ3) is 4.22. The monoisotopic (exact) mass is 345 g/mol. The van der Waals surface area contributed by atoms with Crippen molar-refractivity contribution in [2.24, 2.45) is 0 Å². The SMILES string of the molecule is CC(C)(CNC(=O)c1cn(C2CCNCC2)nn1)c1cccc(F)c1. The average molecular weight is 345 g/mol. The summed E-state index contributed by atoms with van der Waals surface area (Å²) in [7, 11) is 0. The van der Waals surface area contributed by atoms with Crippen molar-refractivity contribution in [3.05, 3.63) is 47.5 Å².